The normalized spacial score (nSPS) is 11.1. The maximum Gasteiger partial charge on any atom is 0.490 e. The summed E-state index contributed by atoms with van der Waals surface area (Å²) < 4.78 is 45.7. The van der Waals surface area contributed by atoms with Crippen LogP contribution in [0.15, 0.2) is 48.5 Å². The van der Waals surface area contributed by atoms with Crippen LogP contribution in [-0.2, 0) is 4.79 Å². The predicted octanol–water partition coefficient (Wildman–Crippen LogP) is 4.80. The van der Waals surface area contributed by atoms with Gasteiger partial charge in [0.05, 0.1) is 5.56 Å². The molecule has 0 radical (unpaired) electrons. The van der Waals surface area contributed by atoms with E-state index in [-0.39, 0.29) is 28.2 Å². The first kappa shape index (κ1) is 30.2. The van der Waals surface area contributed by atoms with Crippen molar-refractivity contribution in [3.63, 3.8) is 0 Å². The molecule has 1 heterocycles. The molecule has 2 aromatic carbocycles. The molecule has 0 atom stereocenters. The van der Waals surface area contributed by atoms with Crippen LogP contribution in [0, 0.1) is 5.82 Å². The number of carboxylic acid groups (broad SMARTS) is 1. The second-order valence-corrected chi connectivity index (χ2v) is 9.14. The lowest BCUT2D eigenvalue weighted by molar-refractivity contribution is -0.192. The number of aromatic nitrogens is 1. The summed E-state index contributed by atoms with van der Waals surface area (Å²) in [6.07, 6.45) is -5.08. The Kier molecular flexibility index (Phi) is 9.91. The van der Waals surface area contributed by atoms with E-state index in [1.807, 2.05) is 27.9 Å². The zero-order chi connectivity index (χ0) is 28.8. The molecule has 0 saturated heterocycles. The average Bonchev–Trinajstić information content (AvgIpc) is 3.18. The molecule has 4 N–H and O–H groups in total. The number of anilines is 3. The van der Waals surface area contributed by atoms with Crippen molar-refractivity contribution in [1.82, 2.24) is 15.0 Å². The number of hydrazine groups is 1. The number of nitrogens with zero attached hydrogens (tertiary/aromatic N) is 3. The number of carboxylic acids is 1. The third-order valence-electron chi connectivity index (χ3n) is 4.73. The Hall–Kier alpha value is -4.04. The number of halogens is 4. The van der Waals surface area contributed by atoms with Crippen LogP contribution < -0.4 is 11.1 Å². The number of hydrogen-bond donors (Lipinski definition) is 3. The highest BCUT2D eigenvalue weighted by atomic mass is 32.1. The summed E-state index contributed by atoms with van der Waals surface area (Å²) in [6, 6.07) is 12.7. The van der Waals surface area contributed by atoms with Crippen LogP contribution in [0.25, 0.3) is 0 Å². The number of alkyl halides is 3. The summed E-state index contributed by atoms with van der Waals surface area (Å²) in [7, 11) is 3.64. The third-order valence-corrected chi connectivity index (χ3v) is 5.72. The summed E-state index contributed by atoms with van der Waals surface area (Å²) in [6.45, 7) is 3.89. The van der Waals surface area contributed by atoms with E-state index in [1.165, 1.54) is 18.2 Å². The lowest BCUT2D eigenvalue weighted by Crippen LogP contribution is -2.46. The number of thiazole rings is 1. The van der Waals surface area contributed by atoms with Gasteiger partial charge in [-0.05, 0) is 50.2 Å². The highest BCUT2D eigenvalue weighted by Gasteiger charge is 2.38. The molecule has 0 aliphatic rings. The first-order valence-corrected chi connectivity index (χ1v) is 11.7. The molecule has 1 aromatic heterocycles. The largest absolute Gasteiger partial charge is 0.490 e. The van der Waals surface area contributed by atoms with Crippen molar-refractivity contribution in [3.05, 3.63) is 70.4 Å². The molecule has 3 rings (SSSR count). The molecule has 0 unspecified atom stereocenters. The van der Waals surface area contributed by atoms with Crippen molar-refractivity contribution in [1.29, 1.82) is 0 Å². The van der Waals surface area contributed by atoms with Gasteiger partial charge < -0.3 is 16.2 Å². The lowest BCUT2D eigenvalue weighted by atomic mass is 10.1. The van der Waals surface area contributed by atoms with Crippen molar-refractivity contribution in [2.45, 2.75) is 26.1 Å². The maximum atomic E-state index is 13.9. The van der Waals surface area contributed by atoms with Crippen LogP contribution in [0.3, 0.4) is 0 Å². The van der Waals surface area contributed by atoms with Crippen LogP contribution in [0.2, 0.25) is 0 Å². The highest BCUT2D eigenvalue weighted by Crippen LogP contribution is 2.30. The number of amides is 1. The van der Waals surface area contributed by atoms with Crippen molar-refractivity contribution in [3.8, 4) is 0 Å². The van der Waals surface area contributed by atoms with E-state index in [2.05, 4.69) is 10.3 Å². The Bertz CT molecular complexity index is 1290. The van der Waals surface area contributed by atoms with Gasteiger partial charge in [-0.15, -0.1) is 0 Å². The summed E-state index contributed by atoms with van der Waals surface area (Å²) in [5.41, 5.74) is 7.07. The fourth-order valence-corrected chi connectivity index (χ4v) is 4.00. The molecular weight excluding hydrogens is 530 g/mol. The molecule has 38 heavy (non-hydrogen) atoms. The number of carbonyl (C=O) groups excluding carboxylic acids is 2. The quantitative estimate of drug-likeness (QED) is 0.216. The summed E-state index contributed by atoms with van der Waals surface area (Å²) in [5.74, 6) is -3.95. The van der Waals surface area contributed by atoms with Gasteiger partial charge in [-0.1, -0.05) is 23.5 Å². The number of hydrogen-bond acceptors (Lipinski definition) is 8. The molecule has 0 spiro atoms. The van der Waals surface area contributed by atoms with Crippen molar-refractivity contribution in [2.24, 2.45) is 0 Å². The molecule has 0 fully saturated rings. The molecule has 0 saturated carbocycles. The number of aliphatic carboxylic acids is 1. The average molecular weight is 556 g/mol. The van der Waals surface area contributed by atoms with E-state index in [1.54, 1.807) is 40.3 Å². The molecule has 14 heteroatoms. The van der Waals surface area contributed by atoms with E-state index < -0.39 is 23.7 Å². The van der Waals surface area contributed by atoms with Gasteiger partial charge in [-0.2, -0.15) is 13.2 Å². The van der Waals surface area contributed by atoms with Crippen LogP contribution in [0.4, 0.5) is 34.2 Å². The van der Waals surface area contributed by atoms with Crippen molar-refractivity contribution < 1.29 is 37.1 Å². The van der Waals surface area contributed by atoms with Gasteiger partial charge in [0.25, 0.3) is 5.91 Å². The minimum absolute atomic E-state index is 0.0176. The van der Waals surface area contributed by atoms with Gasteiger partial charge in [0, 0.05) is 31.4 Å². The molecular formula is C24H25F4N5O4S. The second kappa shape index (κ2) is 12.5. The van der Waals surface area contributed by atoms with Crippen LogP contribution in [0.5, 0.6) is 0 Å². The first-order valence-electron chi connectivity index (χ1n) is 10.9. The molecule has 9 nitrogen and oxygen atoms in total. The Morgan fingerprint density at radius 2 is 1.61 bits per heavy atom. The summed E-state index contributed by atoms with van der Waals surface area (Å²) in [4.78, 5) is 38.6. The van der Waals surface area contributed by atoms with E-state index in [9.17, 15) is 27.2 Å². The number of carbonyl (C=O) groups is 3. The molecule has 1 amide bonds. The smallest absolute Gasteiger partial charge is 0.475 e. The SMILES string of the molecule is CC(C)N(C(=O)c1ccc(Nc2nc(N)c(C(=O)c3ccccc3F)s2)cc1)N(C)C.O=C(O)C(F)(F)F. The van der Waals surface area contributed by atoms with Gasteiger partial charge >= 0.3 is 12.1 Å². The topological polar surface area (TPSA) is 129 Å². The number of rotatable bonds is 7. The van der Waals surface area contributed by atoms with Crippen LogP contribution in [-0.4, -0.2) is 64.1 Å². The number of nitrogens with one attached hydrogen (secondary N) is 1. The van der Waals surface area contributed by atoms with E-state index in [0.29, 0.717) is 16.4 Å². The second-order valence-electron chi connectivity index (χ2n) is 8.14. The van der Waals surface area contributed by atoms with Gasteiger partial charge in [0.2, 0.25) is 5.78 Å². The van der Waals surface area contributed by atoms with Gasteiger partial charge in [-0.25, -0.2) is 19.2 Å². The molecule has 0 bridgehead atoms. The van der Waals surface area contributed by atoms with E-state index in [0.717, 1.165) is 11.3 Å². The van der Waals surface area contributed by atoms with Gasteiger partial charge in [-0.3, -0.25) is 14.6 Å². The summed E-state index contributed by atoms with van der Waals surface area (Å²) >= 11 is 1.04. The Morgan fingerprint density at radius 3 is 2.08 bits per heavy atom. The molecule has 3 aromatic rings. The highest BCUT2D eigenvalue weighted by molar-refractivity contribution is 7.18. The van der Waals surface area contributed by atoms with Crippen molar-refractivity contribution in [2.75, 3.05) is 25.1 Å². The minimum Gasteiger partial charge on any atom is -0.475 e. The standard InChI is InChI=1S/C22H24FN5O2S.C2HF3O2/c1-13(2)28(27(3)4)21(30)14-9-11-15(12-10-14)25-22-26-20(24)19(31-22)18(29)16-7-5-6-8-17(16)23;3-2(4,5)1(6)7/h5-13H,24H2,1-4H3,(H,25,26);(H,6,7). The first-order chi connectivity index (χ1) is 17.6. The molecule has 0 aliphatic carbocycles. The number of ketones is 1. The number of benzene rings is 2. The van der Waals surface area contributed by atoms with E-state index in [4.69, 9.17) is 15.6 Å². The maximum absolute atomic E-state index is 13.9. The minimum atomic E-state index is -5.08. The zero-order valence-corrected chi connectivity index (χ0v) is 21.5. The lowest BCUT2D eigenvalue weighted by Gasteiger charge is -2.32. The Balaban J connectivity index is 0.000000638. The number of nitrogens with two attached hydrogens (primary N) is 1. The zero-order valence-electron chi connectivity index (χ0n) is 20.7. The number of nitrogen functional groups attached to an aromatic ring is 1. The molecule has 0 aliphatic heterocycles. The Labute approximate surface area is 219 Å². The fraction of sp³-hybridized carbons (Fsp3) is 0.250. The predicted molar refractivity (Wildman–Crippen MR) is 135 cm³/mol. The van der Waals surface area contributed by atoms with Crippen LogP contribution >= 0.6 is 11.3 Å². The Morgan fingerprint density at radius 1 is 1.05 bits per heavy atom. The third kappa shape index (κ3) is 7.73. The van der Waals surface area contributed by atoms with E-state index >= 15 is 0 Å². The fourth-order valence-electron chi connectivity index (χ4n) is 3.15. The van der Waals surface area contributed by atoms with Crippen LogP contribution in [0.1, 0.15) is 39.4 Å². The molecule has 204 valence electrons. The summed E-state index contributed by atoms with van der Waals surface area (Å²) in [5, 5.41) is 14.0. The monoisotopic (exact) mass is 555 g/mol. The van der Waals surface area contributed by atoms with Gasteiger partial charge in [0.1, 0.15) is 16.5 Å². The van der Waals surface area contributed by atoms with Crippen molar-refractivity contribution >= 4 is 45.6 Å². The van der Waals surface area contributed by atoms with Gasteiger partial charge in [0.15, 0.2) is 5.13 Å².